The summed E-state index contributed by atoms with van der Waals surface area (Å²) in [6, 6.07) is 0.903. The van der Waals surface area contributed by atoms with Crippen LogP contribution < -0.4 is 5.32 Å². The lowest BCUT2D eigenvalue weighted by molar-refractivity contribution is -0.385. The van der Waals surface area contributed by atoms with Crippen LogP contribution in [-0.2, 0) is 0 Å². The molecule has 1 heterocycles. The van der Waals surface area contributed by atoms with E-state index in [0.717, 1.165) is 19.3 Å². The number of amides is 1. The number of hydrogen-bond donors (Lipinski definition) is 1. The summed E-state index contributed by atoms with van der Waals surface area (Å²) >= 11 is 0. The predicted octanol–water partition coefficient (Wildman–Crippen LogP) is 2.06. The van der Waals surface area contributed by atoms with Gasteiger partial charge in [-0.25, -0.2) is 4.98 Å². The molecule has 1 rings (SSSR count). The number of nitrogens with zero attached hydrogens (tertiary/aromatic N) is 3. The molecule has 1 amide bonds. The molecule has 21 heavy (non-hydrogen) atoms. The Morgan fingerprint density at radius 3 is 2.62 bits per heavy atom. The SMILES string of the molecule is CCNc1ncc([N+](=O)[O-])cc1C(=O)N(C)CC(F)(F)F. The molecule has 0 saturated heterocycles. The molecule has 1 aromatic rings. The summed E-state index contributed by atoms with van der Waals surface area (Å²) in [5, 5.41) is 13.4. The first-order valence-electron chi connectivity index (χ1n) is 5.86. The van der Waals surface area contributed by atoms with E-state index in [1.807, 2.05) is 0 Å². The molecule has 7 nitrogen and oxygen atoms in total. The van der Waals surface area contributed by atoms with Crippen LogP contribution in [-0.4, -0.2) is 47.0 Å². The molecule has 116 valence electrons. The van der Waals surface area contributed by atoms with Crippen molar-refractivity contribution in [2.75, 3.05) is 25.5 Å². The van der Waals surface area contributed by atoms with Crippen LogP contribution >= 0.6 is 0 Å². The predicted molar refractivity (Wildman–Crippen MR) is 68.1 cm³/mol. The Balaban J connectivity index is 3.15. The fourth-order valence-corrected chi connectivity index (χ4v) is 1.57. The van der Waals surface area contributed by atoms with Crippen LogP contribution in [0.2, 0.25) is 0 Å². The van der Waals surface area contributed by atoms with E-state index >= 15 is 0 Å². The highest BCUT2D eigenvalue weighted by Crippen LogP contribution is 2.22. The van der Waals surface area contributed by atoms with Crippen molar-refractivity contribution in [1.82, 2.24) is 9.88 Å². The molecule has 1 aromatic heterocycles. The van der Waals surface area contributed by atoms with Crippen LogP contribution in [0.3, 0.4) is 0 Å². The Kier molecular flexibility index (Phi) is 5.06. The zero-order valence-corrected chi connectivity index (χ0v) is 11.3. The Hall–Kier alpha value is -2.39. The molecule has 0 aliphatic rings. The fourth-order valence-electron chi connectivity index (χ4n) is 1.57. The number of nitrogens with one attached hydrogen (secondary N) is 1. The smallest absolute Gasteiger partial charge is 0.370 e. The second kappa shape index (κ2) is 6.37. The number of halogens is 3. The first-order chi connectivity index (χ1) is 9.65. The Morgan fingerprint density at radius 1 is 1.52 bits per heavy atom. The van der Waals surface area contributed by atoms with Crippen molar-refractivity contribution in [3.05, 3.63) is 27.9 Å². The average Bonchev–Trinajstić information content (AvgIpc) is 2.36. The second-order valence-corrected chi connectivity index (χ2v) is 4.15. The van der Waals surface area contributed by atoms with Crippen LogP contribution in [0.5, 0.6) is 0 Å². The molecule has 0 aliphatic heterocycles. The molecule has 0 aliphatic carbocycles. The second-order valence-electron chi connectivity index (χ2n) is 4.15. The first kappa shape index (κ1) is 16.7. The minimum atomic E-state index is -4.56. The minimum Gasteiger partial charge on any atom is -0.370 e. The van der Waals surface area contributed by atoms with Gasteiger partial charge in [0.25, 0.3) is 11.6 Å². The van der Waals surface area contributed by atoms with E-state index in [1.54, 1.807) is 6.92 Å². The lowest BCUT2D eigenvalue weighted by atomic mass is 10.2. The molecule has 0 unspecified atom stereocenters. The Bertz CT molecular complexity index is 548. The van der Waals surface area contributed by atoms with E-state index in [-0.39, 0.29) is 11.4 Å². The summed E-state index contributed by atoms with van der Waals surface area (Å²) in [7, 11) is 0.963. The summed E-state index contributed by atoms with van der Waals surface area (Å²) in [6.07, 6.45) is -3.63. The van der Waals surface area contributed by atoms with E-state index in [4.69, 9.17) is 0 Å². The zero-order chi connectivity index (χ0) is 16.2. The normalized spacial score (nSPS) is 11.1. The van der Waals surface area contributed by atoms with Gasteiger partial charge in [0.2, 0.25) is 0 Å². The van der Waals surface area contributed by atoms with Crippen molar-refractivity contribution < 1.29 is 22.9 Å². The summed E-state index contributed by atoms with van der Waals surface area (Å²) in [4.78, 5) is 26.1. The molecule has 1 N–H and O–H groups in total. The minimum absolute atomic E-state index is 0.00197. The number of anilines is 1. The van der Waals surface area contributed by atoms with Gasteiger partial charge in [-0.2, -0.15) is 13.2 Å². The monoisotopic (exact) mass is 306 g/mol. The van der Waals surface area contributed by atoms with Gasteiger partial charge in [0.05, 0.1) is 10.5 Å². The maximum Gasteiger partial charge on any atom is 0.406 e. The number of aromatic nitrogens is 1. The number of hydrogen-bond acceptors (Lipinski definition) is 5. The Labute approximate surface area is 117 Å². The third-order valence-electron chi connectivity index (χ3n) is 2.42. The number of rotatable bonds is 5. The van der Waals surface area contributed by atoms with Crippen molar-refractivity contribution in [1.29, 1.82) is 0 Å². The van der Waals surface area contributed by atoms with Crippen LogP contribution in [0.15, 0.2) is 12.3 Å². The van der Waals surface area contributed by atoms with E-state index in [0.29, 0.717) is 11.4 Å². The maximum absolute atomic E-state index is 12.3. The Morgan fingerprint density at radius 2 is 2.14 bits per heavy atom. The number of nitro groups is 1. The number of carbonyl (C=O) groups is 1. The van der Waals surface area contributed by atoms with Gasteiger partial charge in [-0.15, -0.1) is 0 Å². The van der Waals surface area contributed by atoms with Crippen molar-refractivity contribution in [3.63, 3.8) is 0 Å². The van der Waals surface area contributed by atoms with Crippen LogP contribution in [0, 0.1) is 10.1 Å². The molecular formula is C11H13F3N4O3. The van der Waals surface area contributed by atoms with Crippen molar-refractivity contribution in [2.24, 2.45) is 0 Å². The summed E-state index contributed by atoms with van der Waals surface area (Å²) in [5.74, 6) is -0.999. The molecule has 0 aromatic carbocycles. The number of pyridine rings is 1. The molecule has 0 bridgehead atoms. The van der Waals surface area contributed by atoms with Gasteiger partial charge in [0.15, 0.2) is 0 Å². The third kappa shape index (κ3) is 4.58. The number of alkyl halides is 3. The van der Waals surface area contributed by atoms with Gasteiger partial charge in [-0.3, -0.25) is 14.9 Å². The van der Waals surface area contributed by atoms with Gasteiger partial charge in [0.1, 0.15) is 18.6 Å². The van der Waals surface area contributed by atoms with E-state index < -0.39 is 29.2 Å². The standard InChI is InChI=1S/C11H13F3N4O3/c1-3-15-9-8(4-7(5-16-9)18(20)21)10(19)17(2)6-11(12,13)14/h4-5H,3,6H2,1-2H3,(H,15,16). The van der Waals surface area contributed by atoms with Gasteiger partial charge in [-0.1, -0.05) is 0 Å². The fraction of sp³-hybridized carbons (Fsp3) is 0.455. The van der Waals surface area contributed by atoms with E-state index in [1.165, 1.54) is 0 Å². The molecule has 0 radical (unpaired) electrons. The largest absolute Gasteiger partial charge is 0.406 e. The van der Waals surface area contributed by atoms with Crippen molar-refractivity contribution >= 4 is 17.4 Å². The van der Waals surface area contributed by atoms with Gasteiger partial charge in [-0.05, 0) is 6.92 Å². The average molecular weight is 306 g/mol. The van der Waals surface area contributed by atoms with Crippen molar-refractivity contribution in [3.8, 4) is 0 Å². The quantitative estimate of drug-likeness (QED) is 0.664. The summed E-state index contributed by atoms with van der Waals surface area (Å²) in [6.45, 7) is 0.588. The van der Waals surface area contributed by atoms with Crippen LogP contribution in [0.4, 0.5) is 24.7 Å². The summed E-state index contributed by atoms with van der Waals surface area (Å²) < 4.78 is 36.9. The van der Waals surface area contributed by atoms with Gasteiger partial charge < -0.3 is 10.2 Å². The molecular weight excluding hydrogens is 293 g/mol. The van der Waals surface area contributed by atoms with Gasteiger partial charge >= 0.3 is 6.18 Å². The molecule has 10 heteroatoms. The third-order valence-corrected chi connectivity index (χ3v) is 2.42. The highest BCUT2D eigenvalue weighted by molar-refractivity contribution is 5.99. The lowest BCUT2D eigenvalue weighted by Gasteiger charge is -2.20. The molecule has 0 atom stereocenters. The first-order valence-corrected chi connectivity index (χ1v) is 5.86. The number of carbonyl (C=O) groups excluding carboxylic acids is 1. The topological polar surface area (TPSA) is 88.4 Å². The van der Waals surface area contributed by atoms with E-state index in [2.05, 4.69) is 10.3 Å². The molecule has 0 saturated carbocycles. The molecule has 0 fully saturated rings. The molecule has 0 spiro atoms. The van der Waals surface area contributed by atoms with Gasteiger partial charge in [0, 0.05) is 19.7 Å². The van der Waals surface area contributed by atoms with Crippen LogP contribution in [0.25, 0.3) is 0 Å². The van der Waals surface area contributed by atoms with Crippen LogP contribution in [0.1, 0.15) is 17.3 Å². The maximum atomic E-state index is 12.3. The summed E-state index contributed by atoms with van der Waals surface area (Å²) in [5.41, 5.74) is -0.752. The highest BCUT2D eigenvalue weighted by Gasteiger charge is 2.32. The van der Waals surface area contributed by atoms with E-state index in [9.17, 15) is 28.1 Å². The zero-order valence-electron chi connectivity index (χ0n) is 11.3. The highest BCUT2D eigenvalue weighted by atomic mass is 19.4. The lowest BCUT2D eigenvalue weighted by Crippen LogP contribution is -2.36. The van der Waals surface area contributed by atoms with Crippen molar-refractivity contribution in [2.45, 2.75) is 13.1 Å².